The quantitative estimate of drug-likeness (QED) is 0.0868. The fourth-order valence-electron chi connectivity index (χ4n) is 7.36. The molecule has 10 heteroatoms. The third-order valence-corrected chi connectivity index (χ3v) is 18.4. The Morgan fingerprint density at radius 3 is 0.673 bits per heavy atom. The van der Waals surface area contributed by atoms with Gasteiger partial charge in [-0.2, -0.15) is 0 Å². The highest BCUT2D eigenvalue weighted by Crippen LogP contribution is 2.34. The molecule has 0 amide bonds. The van der Waals surface area contributed by atoms with Crippen molar-refractivity contribution in [1.82, 2.24) is 0 Å². The number of benzene rings is 5. The molecule has 2 aliphatic carbocycles. The standard InChI is InChI=1S/C13H18O.C12H16O.C12H18O.C11H16O.C10H14O.5C3H10Si.5C3H8/c1-13(10-6-3-7-11-13)14-12-8-4-2-5-9-12;1-12(9-5-6-10-12)13-11-7-3-2-4-8-11;1-4-10-12(2,3)13-11-8-6-5-7-9-11;1-4-11(2,3)12-10-8-6-5-7-9-10;1-10(2,3)11-9-7-5-4-6-8-9;5*1-2-3-4;5*1-3-2/h2,4-5,8-9H,3,6-7,10-11H2,1H3;2-4,7-8H,5-6,9-10H2,1H3;5-9H,4,10H2,1-3H3;5-9H,4H2,1-3H3;4-8H,1-3H3;5*2-3H2,1,4H3;5*3H2,1-2H3. The van der Waals surface area contributed by atoms with Gasteiger partial charge in [-0.25, -0.2) is 0 Å². The van der Waals surface area contributed by atoms with E-state index in [1.54, 1.807) is 0 Å². The number of para-hydroxylation sites is 5. The highest BCUT2D eigenvalue weighted by atomic mass is 28.2. The van der Waals surface area contributed by atoms with Crippen LogP contribution in [-0.2, 0) is 0 Å². The summed E-state index contributed by atoms with van der Waals surface area (Å²) in [5.74, 6) is 4.86. The molecule has 2 aliphatic rings. The van der Waals surface area contributed by atoms with Crippen LogP contribution in [0.2, 0.25) is 30.2 Å². The van der Waals surface area contributed by atoms with E-state index >= 15 is 0 Å². The van der Waals surface area contributed by atoms with Gasteiger partial charge >= 0.3 is 0 Å². The molecule has 5 nitrogen and oxygen atoms in total. The van der Waals surface area contributed by atoms with Crippen LogP contribution in [0.25, 0.3) is 0 Å². The molecular formula is C88H172O5Si5. The maximum Gasteiger partial charge on any atom is 0.120 e. The molecule has 0 aromatic heterocycles. The second kappa shape index (κ2) is 82.1. The summed E-state index contributed by atoms with van der Waals surface area (Å²) in [6, 6.07) is 57.4. The van der Waals surface area contributed by atoms with E-state index in [0.717, 1.165) is 48.0 Å². The average Bonchev–Trinajstić information content (AvgIpc) is 1.40. The first-order valence-corrected chi connectivity index (χ1v) is 47.3. The smallest absolute Gasteiger partial charge is 0.120 e. The third-order valence-electron chi connectivity index (χ3n) is 13.4. The molecule has 0 heterocycles. The van der Waals surface area contributed by atoms with E-state index in [-0.39, 0.29) is 28.0 Å². The molecule has 2 saturated carbocycles. The monoisotopic (exact) mass is 1450 g/mol. The van der Waals surface area contributed by atoms with Crippen molar-refractivity contribution < 1.29 is 23.7 Å². The van der Waals surface area contributed by atoms with Gasteiger partial charge in [0.2, 0.25) is 0 Å². The van der Waals surface area contributed by atoms with Gasteiger partial charge in [0.05, 0.1) is 0 Å². The van der Waals surface area contributed by atoms with Crippen molar-refractivity contribution in [2.45, 2.75) is 380 Å². The van der Waals surface area contributed by atoms with Crippen LogP contribution in [0.5, 0.6) is 28.7 Å². The van der Waals surface area contributed by atoms with Crippen LogP contribution in [0.1, 0.15) is 321 Å². The maximum absolute atomic E-state index is 6.04. The predicted molar refractivity (Wildman–Crippen MR) is 472 cm³/mol. The van der Waals surface area contributed by atoms with Crippen molar-refractivity contribution in [1.29, 1.82) is 0 Å². The Morgan fingerprint density at radius 1 is 0.286 bits per heavy atom. The summed E-state index contributed by atoms with van der Waals surface area (Å²) >= 11 is 0. The lowest BCUT2D eigenvalue weighted by Crippen LogP contribution is -2.34. The van der Waals surface area contributed by atoms with Gasteiger partial charge in [0.25, 0.3) is 0 Å². The largest absolute Gasteiger partial charge is 0.488 e. The fraction of sp³-hybridized carbons (Fsp3) is 0.659. The number of hydrogen-bond donors (Lipinski definition) is 0. The minimum Gasteiger partial charge on any atom is -0.488 e. The van der Waals surface area contributed by atoms with Gasteiger partial charge < -0.3 is 23.7 Å². The average molecular weight is 1450 g/mol. The van der Waals surface area contributed by atoms with Crippen LogP contribution >= 0.6 is 0 Å². The summed E-state index contributed by atoms with van der Waals surface area (Å²) in [6.07, 6.45) is 27.8. The van der Waals surface area contributed by atoms with Crippen molar-refractivity contribution >= 4 is 51.2 Å². The molecule has 0 N–H and O–H groups in total. The molecule has 98 heavy (non-hydrogen) atoms. The van der Waals surface area contributed by atoms with Crippen LogP contribution < -0.4 is 23.7 Å². The van der Waals surface area contributed by atoms with Gasteiger partial charge in [-0.15, -0.1) is 0 Å². The minimum absolute atomic E-state index is 0.0455. The lowest BCUT2D eigenvalue weighted by molar-refractivity contribution is 0.0487. The Hall–Kier alpha value is -3.82. The summed E-state index contributed by atoms with van der Waals surface area (Å²) in [4.78, 5) is 0. The van der Waals surface area contributed by atoms with Gasteiger partial charge in [0.1, 0.15) is 56.8 Å². The highest BCUT2D eigenvalue weighted by molar-refractivity contribution is 6.09. The Kier molecular flexibility index (Phi) is 92.3. The van der Waals surface area contributed by atoms with Crippen LogP contribution in [0, 0.1) is 0 Å². The molecule has 0 radical (unpaired) electrons. The fourth-order valence-corrected chi connectivity index (χ4v) is 7.36. The lowest BCUT2D eigenvalue weighted by Gasteiger charge is -2.34. The summed E-state index contributed by atoms with van der Waals surface area (Å²) < 4.78 is 29.2. The predicted octanol–water partition coefficient (Wildman–Crippen LogP) is 24.9. The molecular weight excluding hydrogens is 1280 g/mol. The second-order valence-corrected chi connectivity index (χ2v) is 33.0. The molecule has 7 rings (SSSR count). The Bertz CT molecular complexity index is 2100. The highest BCUT2D eigenvalue weighted by Gasteiger charge is 2.31. The van der Waals surface area contributed by atoms with Crippen molar-refractivity contribution in [2.24, 2.45) is 0 Å². The van der Waals surface area contributed by atoms with Gasteiger partial charge in [0.15, 0.2) is 0 Å². The molecule has 5 aromatic rings. The summed E-state index contributed by atoms with van der Waals surface area (Å²) in [7, 11) is 6.95. The zero-order chi connectivity index (χ0) is 76.7. The van der Waals surface area contributed by atoms with Crippen LogP contribution in [0.3, 0.4) is 0 Å². The van der Waals surface area contributed by atoms with E-state index in [9.17, 15) is 0 Å². The minimum atomic E-state index is -0.0959. The molecule has 2 fully saturated rings. The van der Waals surface area contributed by atoms with Gasteiger partial charge in [-0.05, 0) is 187 Å². The zero-order valence-electron chi connectivity index (χ0n) is 71.6. The number of ether oxygens (including phenoxy) is 5. The molecule has 0 aliphatic heterocycles. The molecule has 574 valence electrons. The summed E-state index contributed by atoms with van der Waals surface area (Å²) in [5, 5.41) is 0. The summed E-state index contributed by atoms with van der Waals surface area (Å²) in [5.41, 5.74) is -0.0141. The normalized spacial score (nSPS) is 12.3. The van der Waals surface area contributed by atoms with Crippen molar-refractivity contribution in [3.8, 4) is 28.7 Å². The first-order valence-electron chi connectivity index (χ1n) is 40.3. The molecule has 0 spiro atoms. The van der Waals surface area contributed by atoms with E-state index in [4.69, 9.17) is 23.7 Å². The second-order valence-electron chi connectivity index (χ2n) is 28.0. The van der Waals surface area contributed by atoms with E-state index in [2.05, 4.69) is 159 Å². The topological polar surface area (TPSA) is 46.2 Å². The lowest BCUT2D eigenvalue weighted by atomic mass is 9.86. The Morgan fingerprint density at radius 2 is 0.480 bits per heavy atom. The summed E-state index contributed by atoms with van der Waals surface area (Å²) in [6.45, 7) is 55.7. The molecule has 0 bridgehead atoms. The first kappa shape index (κ1) is 110. The van der Waals surface area contributed by atoms with Crippen LogP contribution in [-0.4, -0.2) is 79.2 Å². The van der Waals surface area contributed by atoms with Gasteiger partial charge in [-0.3, -0.25) is 0 Å². The SMILES string of the molecule is CC(C)(C)Oc1ccccc1.CC1(Oc2ccccc2)CCCC1.CC1(Oc2ccccc2)CCCCC1.CCC.CCC.CCC.CCC.CCC.CCC(C)(C)Oc1ccccc1.CCCC(C)(C)Oc1ccccc1.CCC[SiH3].CCC[SiH3].CCC[SiH3].CCC[SiH3].CCC[SiH3]. The Labute approximate surface area is 630 Å². The number of hydrogen-bond acceptors (Lipinski definition) is 5. The van der Waals surface area contributed by atoms with E-state index in [0.29, 0.717) is 0 Å². The molecule has 5 aromatic carbocycles. The van der Waals surface area contributed by atoms with Gasteiger partial charge in [-0.1, -0.05) is 316 Å². The number of rotatable bonds is 17. The van der Waals surface area contributed by atoms with E-state index < -0.39 is 0 Å². The zero-order valence-corrected chi connectivity index (χ0v) is 81.6. The van der Waals surface area contributed by atoms with E-state index in [1.165, 1.54) is 203 Å². The first-order chi connectivity index (χ1) is 46.6. The van der Waals surface area contributed by atoms with Gasteiger partial charge in [0, 0.05) is 51.2 Å². The van der Waals surface area contributed by atoms with E-state index in [1.807, 2.05) is 172 Å². The van der Waals surface area contributed by atoms with Crippen molar-refractivity contribution in [3.05, 3.63) is 152 Å². The maximum atomic E-state index is 6.04. The van der Waals surface area contributed by atoms with Crippen LogP contribution in [0.4, 0.5) is 0 Å². The molecule has 0 saturated heterocycles. The van der Waals surface area contributed by atoms with Crippen molar-refractivity contribution in [3.63, 3.8) is 0 Å². The van der Waals surface area contributed by atoms with Crippen molar-refractivity contribution in [2.75, 3.05) is 0 Å². The Balaban J connectivity index is -0.000000154. The molecule has 0 atom stereocenters. The third kappa shape index (κ3) is 90.2. The molecule has 0 unspecified atom stereocenters. The van der Waals surface area contributed by atoms with Crippen LogP contribution in [0.15, 0.2) is 152 Å².